The van der Waals surface area contributed by atoms with E-state index in [1.54, 1.807) is 60.4 Å². The smallest absolute Gasteiger partial charge is 0.338 e. The second kappa shape index (κ2) is 13.1. The van der Waals surface area contributed by atoms with E-state index in [9.17, 15) is 14.4 Å². The first-order chi connectivity index (χ1) is 19.4. The first kappa shape index (κ1) is 27.9. The first-order valence-electron chi connectivity index (χ1n) is 13.2. The molecule has 0 fully saturated rings. The Morgan fingerprint density at radius 1 is 0.975 bits per heavy atom. The minimum absolute atomic E-state index is 0.175. The van der Waals surface area contributed by atoms with E-state index >= 15 is 0 Å². The van der Waals surface area contributed by atoms with Gasteiger partial charge in [-0.25, -0.2) is 14.4 Å². The number of hydrogen-bond acceptors (Lipinski definition) is 5. The van der Waals surface area contributed by atoms with E-state index in [1.807, 2.05) is 43.3 Å². The summed E-state index contributed by atoms with van der Waals surface area (Å²) in [6.07, 6.45) is 1.64. The number of anilines is 2. The molecule has 3 N–H and O–H groups in total. The minimum atomic E-state index is -0.809. The van der Waals surface area contributed by atoms with Crippen molar-refractivity contribution in [3.05, 3.63) is 101 Å². The van der Waals surface area contributed by atoms with Gasteiger partial charge >= 0.3 is 18.0 Å². The van der Waals surface area contributed by atoms with E-state index in [2.05, 4.69) is 16.0 Å². The first-order valence-corrected chi connectivity index (χ1v) is 13.2. The molecular formula is C31H31N5O4. The molecule has 1 aliphatic heterocycles. The summed E-state index contributed by atoms with van der Waals surface area (Å²) in [5.41, 5.74) is 3.51. The van der Waals surface area contributed by atoms with Crippen molar-refractivity contribution in [1.29, 1.82) is 5.26 Å². The van der Waals surface area contributed by atoms with E-state index in [-0.39, 0.29) is 12.6 Å². The number of nitrogens with zero attached hydrogens (tertiary/aromatic N) is 2. The van der Waals surface area contributed by atoms with Crippen molar-refractivity contribution < 1.29 is 19.1 Å². The lowest BCUT2D eigenvalue weighted by Gasteiger charge is -2.37. The largest absolute Gasteiger partial charge is 0.463 e. The van der Waals surface area contributed by atoms with Gasteiger partial charge in [-0.2, -0.15) is 5.26 Å². The van der Waals surface area contributed by atoms with Crippen LogP contribution in [-0.4, -0.2) is 36.1 Å². The van der Waals surface area contributed by atoms with Crippen molar-refractivity contribution in [3.8, 4) is 6.07 Å². The molecule has 0 bridgehead atoms. The standard InChI is InChI=1S/C31H31N5O4/c1-3-5-17-36-28(22-12-7-6-8-13-22)26(29(37)40-4-2)27(35-31(36)39)23-14-10-16-25(19-23)34-30(38)33-24-15-9-11-21(18-24)20-32/h6-16,18-19,27H,3-5,17H2,1-2H3,(H,35,39)(H2,33,34,38). The summed E-state index contributed by atoms with van der Waals surface area (Å²) in [5.74, 6) is -0.527. The van der Waals surface area contributed by atoms with Gasteiger partial charge in [0.1, 0.15) is 0 Å². The number of nitrogens with one attached hydrogen (secondary N) is 3. The topological polar surface area (TPSA) is 124 Å². The van der Waals surface area contributed by atoms with Gasteiger partial charge in [-0.3, -0.25) is 4.90 Å². The van der Waals surface area contributed by atoms with Gasteiger partial charge in [-0.15, -0.1) is 0 Å². The van der Waals surface area contributed by atoms with Gasteiger partial charge in [0.05, 0.1) is 35.6 Å². The Morgan fingerprint density at radius 3 is 2.35 bits per heavy atom. The van der Waals surface area contributed by atoms with Crippen LogP contribution in [0.1, 0.15) is 49.4 Å². The van der Waals surface area contributed by atoms with Gasteiger partial charge in [0.2, 0.25) is 0 Å². The Hall–Kier alpha value is -5.10. The van der Waals surface area contributed by atoms with Crippen LogP contribution in [0.3, 0.4) is 0 Å². The average molecular weight is 538 g/mol. The zero-order chi connectivity index (χ0) is 28.5. The summed E-state index contributed by atoms with van der Waals surface area (Å²) < 4.78 is 5.48. The molecule has 40 heavy (non-hydrogen) atoms. The predicted octanol–water partition coefficient (Wildman–Crippen LogP) is 6.04. The van der Waals surface area contributed by atoms with E-state index in [1.165, 1.54) is 0 Å². The third-order valence-corrected chi connectivity index (χ3v) is 6.33. The van der Waals surface area contributed by atoms with Crippen LogP contribution in [0.4, 0.5) is 21.0 Å². The van der Waals surface area contributed by atoms with Crippen molar-refractivity contribution in [3.63, 3.8) is 0 Å². The second-order valence-corrected chi connectivity index (χ2v) is 9.13. The summed E-state index contributed by atoms with van der Waals surface area (Å²) in [5, 5.41) is 17.6. The minimum Gasteiger partial charge on any atom is -0.463 e. The van der Waals surface area contributed by atoms with Crippen molar-refractivity contribution in [2.45, 2.75) is 32.7 Å². The molecule has 0 saturated heterocycles. The monoisotopic (exact) mass is 537 g/mol. The molecule has 9 nitrogen and oxygen atoms in total. The number of carbonyl (C=O) groups is 3. The molecule has 204 valence electrons. The average Bonchev–Trinajstić information content (AvgIpc) is 2.96. The maximum absolute atomic E-state index is 13.4. The highest BCUT2D eigenvalue weighted by molar-refractivity contribution is 6.05. The Labute approximate surface area is 233 Å². The summed E-state index contributed by atoms with van der Waals surface area (Å²) in [4.78, 5) is 41.2. The molecule has 0 radical (unpaired) electrons. The summed E-state index contributed by atoms with van der Waals surface area (Å²) in [6.45, 7) is 4.39. The van der Waals surface area contributed by atoms with Gasteiger partial charge in [-0.05, 0) is 54.8 Å². The van der Waals surface area contributed by atoms with E-state index in [4.69, 9.17) is 10.00 Å². The van der Waals surface area contributed by atoms with Gasteiger partial charge in [0.25, 0.3) is 0 Å². The van der Waals surface area contributed by atoms with Crippen molar-refractivity contribution in [2.75, 3.05) is 23.8 Å². The van der Waals surface area contributed by atoms with Crippen molar-refractivity contribution >= 4 is 35.1 Å². The molecule has 4 rings (SSSR count). The SMILES string of the molecule is CCCCN1C(=O)NC(c2cccc(NC(=O)Nc3cccc(C#N)c3)c2)C(C(=O)OCC)=C1c1ccccc1. The van der Waals surface area contributed by atoms with Crippen molar-refractivity contribution in [2.24, 2.45) is 0 Å². The number of carbonyl (C=O) groups excluding carboxylic acids is 3. The molecule has 0 spiro atoms. The number of urea groups is 2. The van der Waals surface area contributed by atoms with Gasteiger partial charge in [0.15, 0.2) is 0 Å². The Morgan fingerprint density at radius 2 is 1.68 bits per heavy atom. The number of ether oxygens (including phenoxy) is 1. The highest BCUT2D eigenvalue weighted by Gasteiger charge is 2.38. The normalized spacial score (nSPS) is 14.7. The van der Waals surface area contributed by atoms with E-state index < -0.39 is 18.0 Å². The molecule has 9 heteroatoms. The third-order valence-electron chi connectivity index (χ3n) is 6.33. The summed E-state index contributed by atoms with van der Waals surface area (Å²) in [6, 6.07) is 23.3. The molecular weight excluding hydrogens is 506 g/mol. The fourth-order valence-corrected chi connectivity index (χ4v) is 4.52. The third kappa shape index (κ3) is 6.48. The fourth-order valence-electron chi connectivity index (χ4n) is 4.52. The number of amides is 4. The zero-order valence-electron chi connectivity index (χ0n) is 22.4. The van der Waals surface area contributed by atoms with Crippen LogP contribution < -0.4 is 16.0 Å². The second-order valence-electron chi connectivity index (χ2n) is 9.13. The van der Waals surface area contributed by atoms with E-state index in [0.29, 0.717) is 40.3 Å². The van der Waals surface area contributed by atoms with Gasteiger partial charge in [-0.1, -0.05) is 61.9 Å². The molecule has 4 amide bonds. The van der Waals surface area contributed by atoms with Gasteiger partial charge < -0.3 is 20.7 Å². The van der Waals surface area contributed by atoms with Crippen LogP contribution in [0.15, 0.2) is 84.4 Å². The number of nitriles is 1. The Bertz CT molecular complexity index is 1460. The highest BCUT2D eigenvalue weighted by atomic mass is 16.5. The molecule has 1 heterocycles. The molecule has 0 aromatic heterocycles. The summed E-state index contributed by atoms with van der Waals surface area (Å²) in [7, 11) is 0. The van der Waals surface area contributed by atoms with Crippen molar-refractivity contribution in [1.82, 2.24) is 10.2 Å². The Kier molecular flexibility index (Phi) is 9.15. The van der Waals surface area contributed by atoms with Crippen LogP contribution in [-0.2, 0) is 9.53 Å². The number of hydrogen-bond donors (Lipinski definition) is 3. The quantitative estimate of drug-likeness (QED) is 0.287. The number of esters is 1. The molecule has 0 aliphatic carbocycles. The summed E-state index contributed by atoms with van der Waals surface area (Å²) >= 11 is 0. The maximum Gasteiger partial charge on any atom is 0.338 e. The fraction of sp³-hybridized carbons (Fsp3) is 0.226. The molecule has 1 unspecified atom stereocenters. The lowest BCUT2D eigenvalue weighted by atomic mass is 9.91. The molecule has 3 aromatic carbocycles. The predicted molar refractivity (Wildman–Crippen MR) is 153 cm³/mol. The van der Waals surface area contributed by atoms with Crippen LogP contribution >= 0.6 is 0 Å². The number of unbranched alkanes of at least 4 members (excludes halogenated alkanes) is 1. The molecule has 0 saturated carbocycles. The Balaban J connectivity index is 1.71. The zero-order valence-corrected chi connectivity index (χ0v) is 22.4. The van der Waals surface area contributed by atoms with Crippen LogP contribution in [0, 0.1) is 11.3 Å². The van der Waals surface area contributed by atoms with E-state index in [0.717, 1.165) is 18.4 Å². The molecule has 3 aromatic rings. The lowest BCUT2D eigenvalue weighted by molar-refractivity contribution is -0.138. The molecule has 1 aliphatic rings. The van der Waals surface area contributed by atoms with Crippen LogP contribution in [0.25, 0.3) is 5.70 Å². The van der Waals surface area contributed by atoms with Crippen LogP contribution in [0.2, 0.25) is 0 Å². The molecule has 1 atom stereocenters. The number of benzene rings is 3. The van der Waals surface area contributed by atoms with Gasteiger partial charge in [0, 0.05) is 17.9 Å². The number of rotatable bonds is 9. The highest BCUT2D eigenvalue weighted by Crippen LogP contribution is 2.37. The maximum atomic E-state index is 13.4. The lowest BCUT2D eigenvalue weighted by Crippen LogP contribution is -2.48. The van der Waals surface area contributed by atoms with Crippen LogP contribution in [0.5, 0.6) is 0 Å².